The second kappa shape index (κ2) is 15.0. The summed E-state index contributed by atoms with van der Waals surface area (Å²) in [5.74, 6) is 3.17. The third-order valence-electron chi connectivity index (χ3n) is 6.92. The summed E-state index contributed by atoms with van der Waals surface area (Å²) in [4.78, 5) is 4.55. The molecule has 0 spiro atoms. The smallest absolute Gasteiger partial charge is 0.241 e. The summed E-state index contributed by atoms with van der Waals surface area (Å²) in [7, 11) is 0.512. The van der Waals surface area contributed by atoms with E-state index in [4.69, 9.17) is 0 Å². The Kier molecular flexibility index (Phi) is 11.7. The lowest BCUT2D eigenvalue weighted by atomic mass is 10.1. The molecule has 12 heteroatoms. The van der Waals surface area contributed by atoms with Crippen LogP contribution < -0.4 is 19.2 Å². The van der Waals surface area contributed by atoms with Crippen LogP contribution in [0.25, 0.3) is 21.5 Å². The summed E-state index contributed by atoms with van der Waals surface area (Å²) in [5, 5.41) is 3.23. The van der Waals surface area contributed by atoms with Crippen LogP contribution in [0.1, 0.15) is 6.42 Å². The van der Waals surface area contributed by atoms with Gasteiger partial charge in [-0.25, -0.2) is 26.3 Å². The fourth-order valence-electron chi connectivity index (χ4n) is 4.90. The van der Waals surface area contributed by atoms with E-state index < -0.39 is 20.0 Å². The van der Waals surface area contributed by atoms with Crippen LogP contribution in [-0.2, 0) is 20.0 Å². The van der Waals surface area contributed by atoms with Gasteiger partial charge >= 0.3 is 0 Å². The monoisotopic (exact) mass is 660 g/mol. The van der Waals surface area contributed by atoms with Crippen LogP contribution in [0.5, 0.6) is 0 Å². The van der Waals surface area contributed by atoms with Gasteiger partial charge in [0.1, 0.15) is 0 Å². The van der Waals surface area contributed by atoms with Crippen LogP contribution in [0.3, 0.4) is 0 Å². The highest BCUT2D eigenvalue weighted by Crippen LogP contribution is 2.31. The summed E-state index contributed by atoms with van der Waals surface area (Å²) in [5.41, 5.74) is 1.95. The zero-order valence-corrected chi connectivity index (χ0v) is 28.3. The highest BCUT2D eigenvalue weighted by Gasteiger charge is 2.19. The Morgan fingerprint density at radius 1 is 0.535 bits per heavy atom. The minimum atomic E-state index is -3.63. The second-order valence-electron chi connectivity index (χ2n) is 10.4. The molecule has 0 bridgehead atoms. The number of nitrogens with one attached hydrogen (secondary N) is 2. The summed E-state index contributed by atoms with van der Waals surface area (Å²) in [6.45, 7) is 0.714. The van der Waals surface area contributed by atoms with Gasteiger partial charge < -0.3 is 9.80 Å². The van der Waals surface area contributed by atoms with Gasteiger partial charge in [0.15, 0.2) is 0 Å². The fraction of sp³-hybridized carbons (Fsp3) is 0.355. The zero-order chi connectivity index (χ0) is 31.0. The van der Waals surface area contributed by atoms with E-state index in [1.165, 1.54) is 0 Å². The number of hydrogen-bond acceptors (Lipinski definition) is 8. The quantitative estimate of drug-likeness (QED) is 0.158. The molecule has 0 atom stereocenters. The van der Waals surface area contributed by atoms with E-state index in [1.807, 2.05) is 86.5 Å². The molecule has 0 radical (unpaired) electrons. The Morgan fingerprint density at radius 3 is 1.30 bits per heavy atom. The molecule has 0 aliphatic carbocycles. The lowest BCUT2D eigenvalue weighted by Gasteiger charge is -2.17. The van der Waals surface area contributed by atoms with Gasteiger partial charge in [0, 0.05) is 85.7 Å². The van der Waals surface area contributed by atoms with Crippen molar-refractivity contribution in [2.45, 2.75) is 16.2 Å². The molecule has 0 amide bonds. The molecule has 0 fully saturated rings. The van der Waals surface area contributed by atoms with Crippen molar-refractivity contribution >= 4 is 76.5 Å². The topological polar surface area (TPSA) is 98.8 Å². The Hall–Kier alpha value is -2.48. The van der Waals surface area contributed by atoms with Crippen LogP contribution in [-0.4, -0.2) is 81.1 Å². The SMILES string of the molecule is CN(C)c1cccc2c(S(=O)(=O)NCCSCCCSCCNS(=O)(=O)c3cccc4c(N(C)C)cccc34)cccc12. The first-order valence-corrected chi connectivity index (χ1v) is 19.3. The summed E-state index contributed by atoms with van der Waals surface area (Å²) >= 11 is 3.41. The third-order valence-corrected chi connectivity index (χ3v) is 12.1. The number of nitrogens with zero attached hydrogens (tertiary/aromatic N) is 2. The van der Waals surface area contributed by atoms with E-state index >= 15 is 0 Å². The molecule has 0 saturated carbocycles. The minimum absolute atomic E-state index is 0.296. The van der Waals surface area contributed by atoms with Crippen molar-refractivity contribution in [1.29, 1.82) is 0 Å². The molecular weight excluding hydrogens is 621 g/mol. The van der Waals surface area contributed by atoms with Gasteiger partial charge in [-0.2, -0.15) is 23.5 Å². The van der Waals surface area contributed by atoms with Crippen molar-refractivity contribution in [3.8, 4) is 0 Å². The fourth-order valence-corrected chi connectivity index (χ4v) is 9.44. The molecule has 43 heavy (non-hydrogen) atoms. The maximum absolute atomic E-state index is 13.0. The van der Waals surface area contributed by atoms with Gasteiger partial charge in [-0.05, 0) is 42.2 Å². The Labute approximate surface area is 264 Å². The van der Waals surface area contributed by atoms with Gasteiger partial charge in [0.25, 0.3) is 0 Å². The maximum atomic E-state index is 13.0. The van der Waals surface area contributed by atoms with Crippen LogP contribution in [0.4, 0.5) is 11.4 Å². The molecule has 0 aliphatic heterocycles. The first kappa shape index (κ1) is 33.4. The van der Waals surface area contributed by atoms with Crippen molar-refractivity contribution in [2.75, 3.05) is 74.1 Å². The van der Waals surface area contributed by atoms with E-state index in [0.717, 1.165) is 40.1 Å². The lowest BCUT2D eigenvalue weighted by Crippen LogP contribution is -2.26. The largest absolute Gasteiger partial charge is 0.377 e. The van der Waals surface area contributed by atoms with Gasteiger partial charge in [-0.3, -0.25) is 0 Å². The second-order valence-corrected chi connectivity index (χ2v) is 16.3. The predicted octanol–water partition coefficient (Wildman–Crippen LogP) is 5.24. The number of thioether (sulfide) groups is 2. The van der Waals surface area contributed by atoms with E-state index in [-0.39, 0.29) is 0 Å². The Balaban J connectivity index is 1.15. The Bertz CT molecular complexity index is 1630. The van der Waals surface area contributed by atoms with E-state index in [1.54, 1.807) is 47.8 Å². The third kappa shape index (κ3) is 8.37. The summed E-state index contributed by atoms with van der Waals surface area (Å²) < 4.78 is 57.7. The average molecular weight is 661 g/mol. The standard InChI is InChI=1S/C31H40N4O4S4/c1-34(2)28-14-5-12-26-24(28)10-7-16-30(26)42(36,37)32-18-22-40-20-9-21-41-23-19-33-43(38,39)31-17-8-11-25-27(31)13-6-15-29(25)35(3)4/h5-8,10-17,32-33H,9,18-23H2,1-4H3. The number of anilines is 2. The first-order valence-electron chi connectivity index (χ1n) is 14.1. The lowest BCUT2D eigenvalue weighted by molar-refractivity contribution is 0.583. The molecule has 4 rings (SSSR count). The number of rotatable bonds is 16. The minimum Gasteiger partial charge on any atom is -0.377 e. The molecule has 0 unspecified atom stereocenters. The van der Waals surface area contributed by atoms with E-state index in [0.29, 0.717) is 45.2 Å². The van der Waals surface area contributed by atoms with Crippen LogP contribution in [0.2, 0.25) is 0 Å². The van der Waals surface area contributed by atoms with Gasteiger partial charge in [-0.15, -0.1) is 0 Å². The summed E-state index contributed by atoms with van der Waals surface area (Å²) in [6, 6.07) is 22.2. The van der Waals surface area contributed by atoms with Gasteiger partial charge in [0.05, 0.1) is 9.79 Å². The number of hydrogen-bond donors (Lipinski definition) is 2. The molecule has 232 valence electrons. The Morgan fingerprint density at radius 2 is 0.907 bits per heavy atom. The molecule has 8 nitrogen and oxygen atoms in total. The molecule has 0 aromatic heterocycles. The van der Waals surface area contributed by atoms with Crippen molar-refractivity contribution in [3.05, 3.63) is 72.8 Å². The molecule has 0 heterocycles. The van der Waals surface area contributed by atoms with Crippen LogP contribution >= 0.6 is 23.5 Å². The van der Waals surface area contributed by atoms with Crippen molar-refractivity contribution in [3.63, 3.8) is 0 Å². The van der Waals surface area contributed by atoms with Crippen molar-refractivity contribution in [1.82, 2.24) is 9.44 Å². The molecular formula is C31H40N4O4S4. The number of sulfonamides is 2. The van der Waals surface area contributed by atoms with Gasteiger partial charge in [0.2, 0.25) is 20.0 Å². The first-order chi connectivity index (χ1) is 20.5. The van der Waals surface area contributed by atoms with Crippen LogP contribution in [0.15, 0.2) is 82.6 Å². The summed E-state index contributed by atoms with van der Waals surface area (Å²) in [6.07, 6.45) is 0.960. The van der Waals surface area contributed by atoms with Gasteiger partial charge in [-0.1, -0.05) is 48.5 Å². The molecule has 4 aromatic carbocycles. The van der Waals surface area contributed by atoms with Crippen molar-refractivity contribution in [2.24, 2.45) is 0 Å². The molecule has 0 saturated heterocycles. The van der Waals surface area contributed by atoms with Crippen LogP contribution in [0, 0.1) is 0 Å². The van der Waals surface area contributed by atoms with E-state index in [2.05, 4.69) is 9.44 Å². The van der Waals surface area contributed by atoms with E-state index in [9.17, 15) is 16.8 Å². The molecule has 4 aromatic rings. The number of benzene rings is 4. The van der Waals surface area contributed by atoms with Crippen molar-refractivity contribution < 1.29 is 16.8 Å². The number of fused-ring (bicyclic) bond motifs is 2. The highest BCUT2D eigenvalue weighted by atomic mass is 32.2. The maximum Gasteiger partial charge on any atom is 0.241 e. The molecule has 0 aliphatic rings. The molecule has 2 N–H and O–H groups in total. The average Bonchev–Trinajstić information content (AvgIpc) is 2.98. The zero-order valence-electron chi connectivity index (χ0n) is 25.0. The highest BCUT2D eigenvalue weighted by molar-refractivity contribution is 8.00. The predicted molar refractivity (Wildman–Crippen MR) is 186 cm³/mol. The normalized spacial score (nSPS) is 12.2.